The van der Waals surface area contributed by atoms with Gasteiger partial charge in [0.15, 0.2) is 0 Å². The van der Waals surface area contributed by atoms with E-state index in [-0.39, 0.29) is 6.04 Å². The number of nitrogens with one attached hydrogen (secondary N) is 1. The lowest BCUT2D eigenvalue weighted by molar-refractivity contribution is -0.137. The van der Waals surface area contributed by atoms with Gasteiger partial charge >= 0.3 is 12.1 Å². The molecule has 0 radical (unpaired) electrons. The summed E-state index contributed by atoms with van der Waals surface area (Å²) in [5, 5.41) is 2.49. The second kappa shape index (κ2) is 2.22. The first-order valence-electron chi connectivity index (χ1n) is 3.79. The molecule has 2 fully saturated rings. The number of amides is 1. The molecule has 1 saturated heterocycles. The summed E-state index contributed by atoms with van der Waals surface area (Å²) in [7, 11) is 0. The van der Waals surface area contributed by atoms with Gasteiger partial charge in [-0.1, -0.05) is 6.42 Å². The summed E-state index contributed by atoms with van der Waals surface area (Å²) in [5.74, 6) is -0.0753. The van der Waals surface area contributed by atoms with Crippen molar-refractivity contribution in [3.63, 3.8) is 0 Å². The molecule has 2 aliphatic rings. The molecule has 1 unspecified atom stereocenters. The molecule has 4 heteroatoms. The van der Waals surface area contributed by atoms with Crippen LogP contribution in [0.5, 0.6) is 0 Å². The van der Waals surface area contributed by atoms with Crippen molar-refractivity contribution >= 4 is 12.1 Å². The van der Waals surface area contributed by atoms with Gasteiger partial charge in [0.1, 0.15) is 6.04 Å². The minimum Gasteiger partial charge on any atom is -0.375 e. The summed E-state index contributed by atoms with van der Waals surface area (Å²) in [6.45, 7) is 0. The van der Waals surface area contributed by atoms with Crippen LogP contribution in [0.1, 0.15) is 19.3 Å². The van der Waals surface area contributed by atoms with Gasteiger partial charge in [-0.25, -0.2) is 9.59 Å². The molecule has 2 rings (SSSR count). The first-order valence-corrected chi connectivity index (χ1v) is 3.79. The van der Waals surface area contributed by atoms with E-state index in [1.807, 2.05) is 0 Å². The van der Waals surface area contributed by atoms with Crippen LogP contribution in [0.15, 0.2) is 0 Å². The van der Waals surface area contributed by atoms with E-state index in [1.54, 1.807) is 0 Å². The SMILES string of the molecule is O=C1NC(C2CCC2)C(=O)O1. The lowest BCUT2D eigenvalue weighted by atomic mass is 9.80. The van der Waals surface area contributed by atoms with Crippen molar-refractivity contribution in [2.75, 3.05) is 0 Å². The summed E-state index contributed by atoms with van der Waals surface area (Å²) >= 11 is 0. The lowest BCUT2D eigenvalue weighted by Crippen LogP contribution is -2.39. The molecule has 4 nitrogen and oxygen atoms in total. The van der Waals surface area contributed by atoms with E-state index in [0.717, 1.165) is 19.3 Å². The predicted molar refractivity (Wildman–Crippen MR) is 35.8 cm³/mol. The molecule has 1 aliphatic carbocycles. The van der Waals surface area contributed by atoms with Gasteiger partial charge in [0, 0.05) is 0 Å². The zero-order valence-corrected chi connectivity index (χ0v) is 6.00. The van der Waals surface area contributed by atoms with E-state index in [0.29, 0.717) is 5.92 Å². The van der Waals surface area contributed by atoms with Crippen LogP contribution >= 0.6 is 0 Å². The molecule has 1 saturated carbocycles. The van der Waals surface area contributed by atoms with Crippen LogP contribution in [0, 0.1) is 5.92 Å². The summed E-state index contributed by atoms with van der Waals surface area (Å²) < 4.78 is 4.34. The van der Waals surface area contributed by atoms with E-state index in [1.165, 1.54) is 0 Å². The van der Waals surface area contributed by atoms with Crippen molar-refractivity contribution in [1.82, 2.24) is 5.32 Å². The quantitative estimate of drug-likeness (QED) is 0.441. The summed E-state index contributed by atoms with van der Waals surface area (Å²) in [6, 6.07) is -0.351. The van der Waals surface area contributed by atoms with Crippen molar-refractivity contribution < 1.29 is 14.3 Å². The van der Waals surface area contributed by atoms with Crippen molar-refractivity contribution in [2.24, 2.45) is 5.92 Å². The van der Waals surface area contributed by atoms with Crippen LogP contribution in [0.3, 0.4) is 0 Å². The van der Waals surface area contributed by atoms with Gasteiger partial charge in [0.25, 0.3) is 0 Å². The normalized spacial score (nSPS) is 31.1. The highest BCUT2D eigenvalue weighted by atomic mass is 16.6. The Hall–Kier alpha value is -1.06. The Morgan fingerprint density at radius 1 is 1.36 bits per heavy atom. The number of carbonyl (C=O) groups excluding carboxylic acids is 2. The Labute approximate surface area is 63.9 Å². The van der Waals surface area contributed by atoms with E-state index in [2.05, 4.69) is 10.1 Å². The minimum absolute atomic E-state index is 0.328. The van der Waals surface area contributed by atoms with Crippen LogP contribution in [0.2, 0.25) is 0 Å². The van der Waals surface area contributed by atoms with Crippen molar-refractivity contribution in [1.29, 1.82) is 0 Å². The zero-order valence-electron chi connectivity index (χ0n) is 6.00. The fraction of sp³-hybridized carbons (Fsp3) is 0.714. The molecular weight excluding hydrogens is 146 g/mol. The third-order valence-electron chi connectivity index (χ3n) is 2.34. The molecule has 0 bridgehead atoms. The third kappa shape index (κ3) is 0.982. The number of ether oxygens (including phenoxy) is 1. The first kappa shape index (κ1) is 6.64. The zero-order chi connectivity index (χ0) is 7.84. The van der Waals surface area contributed by atoms with Gasteiger partial charge in [-0.05, 0) is 18.8 Å². The number of hydrogen-bond donors (Lipinski definition) is 1. The Balaban J connectivity index is 2.02. The average molecular weight is 155 g/mol. The van der Waals surface area contributed by atoms with Crippen molar-refractivity contribution in [2.45, 2.75) is 25.3 Å². The number of carbonyl (C=O) groups is 2. The molecule has 1 amide bonds. The fourth-order valence-corrected chi connectivity index (χ4v) is 1.45. The molecule has 0 aromatic carbocycles. The molecule has 11 heavy (non-hydrogen) atoms. The number of cyclic esters (lactones) is 2. The van der Waals surface area contributed by atoms with E-state index in [9.17, 15) is 9.59 Å². The van der Waals surface area contributed by atoms with Crippen LogP contribution in [0.4, 0.5) is 4.79 Å². The number of rotatable bonds is 1. The van der Waals surface area contributed by atoms with Crippen molar-refractivity contribution in [3.8, 4) is 0 Å². The van der Waals surface area contributed by atoms with Gasteiger partial charge < -0.3 is 10.1 Å². The maximum atomic E-state index is 10.9. The van der Waals surface area contributed by atoms with Crippen LogP contribution in [0.25, 0.3) is 0 Å². The number of alkyl carbamates (subject to hydrolysis) is 1. The van der Waals surface area contributed by atoms with Crippen molar-refractivity contribution in [3.05, 3.63) is 0 Å². The van der Waals surface area contributed by atoms with Crippen LogP contribution in [-0.4, -0.2) is 18.1 Å². The van der Waals surface area contributed by atoms with Gasteiger partial charge in [0.2, 0.25) is 0 Å². The predicted octanol–water partition coefficient (Wildman–Crippen LogP) is 0.421. The second-order valence-electron chi connectivity index (χ2n) is 3.02. The topological polar surface area (TPSA) is 55.4 Å². The monoisotopic (exact) mass is 155 g/mol. The molecule has 0 aromatic rings. The maximum Gasteiger partial charge on any atom is 0.415 e. The van der Waals surface area contributed by atoms with Crippen LogP contribution < -0.4 is 5.32 Å². The van der Waals surface area contributed by atoms with Gasteiger partial charge in [-0.15, -0.1) is 0 Å². The molecular formula is C7H9NO3. The average Bonchev–Trinajstić information content (AvgIpc) is 2.07. The third-order valence-corrected chi connectivity index (χ3v) is 2.34. The summed E-state index contributed by atoms with van der Waals surface area (Å²) in [5.41, 5.74) is 0. The van der Waals surface area contributed by atoms with Gasteiger partial charge in [-0.2, -0.15) is 0 Å². The highest BCUT2D eigenvalue weighted by Gasteiger charge is 2.40. The minimum atomic E-state index is -0.591. The molecule has 1 N–H and O–H groups in total. The highest BCUT2D eigenvalue weighted by Crippen LogP contribution is 2.31. The van der Waals surface area contributed by atoms with Gasteiger partial charge in [0.05, 0.1) is 0 Å². The molecule has 1 atom stereocenters. The van der Waals surface area contributed by atoms with E-state index < -0.39 is 12.1 Å². The number of esters is 1. The molecule has 1 heterocycles. The standard InChI is InChI=1S/C7H9NO3/c9-6-5(4-2-1-3-4)8-7(10)11-6/h4-5H,1-3H2,(H,8,10). The largest absolute Gasteiger partial charge is 0.415 e. The maximum absolute atomic E-state index is 10.9. The Bertz CT molecular complexity index is 210. The highest BCUT2D eigenvalue weighted by molar-refractivity contribution is 5.95. The van der Waals surface area contributed by atoms with E-state index >= 15 is 0 Å². The fourth-order valence-electron chi connectivity index (χ4n) is 1.45. The first-order chi connectivity index (χ1) is 5.27. The van der Waals surface area contributed by atoms with Gasteiger partial charge in [-0.3, -0.25) is 0 Å². The molecule has 0 spiro atoms. The van der Waals surface area contributed by atoms with Crippen LogP contribution in [-0.2, 0) is 9.53 Å². The Morgan fingerprint density at radius 2 is 2.09 bits per heavy atom. The molecule has 0 aromatic heterocycles. The smallest absolute Gasteiger partial charge is 0.375 e. The lowest BCUT2D eigenvalue weighted by Gasteiger charge is -2.27. The Kier molecular flexibility index (Phi) is 1.34. The summed E-state index contributed by atoms with van der Waals surface area (Å²) in [4.78, 5) is 21.5. The molecule has 60 valence electrons. The Morgan fingerprint density at radius 3 is 2.45 bits per heavy atom. The second-order valence-corrected chi connectivity index (χ2v) is 3.02. The molecule has 1 aliphatic heterocycles. The van der Waals surface area contributed by atoms with E-state index in [4.69, 9.17) is 0 Å². The number of hydrogen-bond acceptors (Lipinski definition) is 3. The summed E-state index contributed by atoms with van der Waals surface area (Å²) in [6.07, 6.45) is 2.62.